The van der Waals surface area contributed by atoms with Gasteiger partial charge in [0.2, 0.25) is 22.8 Å². The fourth-order valence-electron chi connectivity index (χ4n) is 3.76. The molecule has 2 aliphatic rings. The largest absolute Gasteiger partial charge is 0.478 e. The van der Waals surface area contributed by atoms with Crippen molar-refractivity contribution in [1.29, 1.82) is 0 Å². The van der Waals surface area contributed by atoms with E-state index in [1.165, 1.54) is 23.5 Å². The van der Waals surface area contributed by atoms with Crippen molar-refractivity contribution in [2.24, 2.45) is 10.9 Å². The Morgan fingerprint density at radius 1 is 1.34 bits per heavy atom. The molecule has 1 saturated heterocycles. The first-order chi connectivity index (χ1) is 19.7. The summed E-state index contributed by atoms with van der Waals surface area (Å²) >= 11 is 3.29. The minimum atomic E-state index is -1.34. The molecule has 1 fully saturated rings. The summed E-state index contributed by atoms with van der Waals surface area (Å²) in [6, 6.07) is -1.10. The van der Waals surface area contributed by atoms with Crippen molar-refractivity contribution in [3.63, 3.8) is 0 Å². The maximum absolute atomic E-state index is 13.1. The number of nitrogens with one attached hydrogen (secondary N) is 1. The van der Waals surface area contributed by atoms with Crippen molar-refractivity contribution in [1.82, 2.24) is 39.8 Å². The van der Waals surface area contributed by atoms with Gasteiger partial charge in [-0.3, -0.25) is 14.5 Å². The predicted molar refractivity (Wildman–Crippen MR) is 146 cm³/mol. The monoisotopic (exact) mass is 627 g/mol. The van der Waals surface area contributed by atoms with Gasteiger partial charge in [0.15, 0.2) is 5.13 Å². The zero-order chi connectivity index (χ0) is 29.7. The molecule has 2 aromatic heterocycles. The van der Waals surface area contributed by atoms with E-state index in [0.717, 1.165) is 16.4 Å². The number of hydrogen-bond donors (Lipinski definition) is 5. The van der Waals surface area contributed by atoms with Gasteiger partial charge in [-0.2, -0.15) is 9.36 Å². The van der Waals surface area contributed by atoms with E-state index in [2.05, 4.69) is 35.4 Å². The molecule has 220 valence electrons. The van der Waals surface area contributed by atoms with Crippen LogP contribution in [0.15, 0.2) is 21.6 Å². The molecule has 3 atom stereocenters. The lowest BCUT2D eigenvalue weighted by Crippen LogP contribution is -2.71. The summed E-state index contributed by atoms with van der Waals surface area (Å²) < 4.78 is 5.50. The third kappa shape index (κ3) is 6.57. The van der Waals surface area contributed by atoms with E-state index in [1.54, 1.807) is 11.6 Å². The van der Waals surface area contributed by atoms with Crippen LogP contribution in [0.3, 0.4) is 0 Å². The van der Waals surface area contributed by atoms with E-state index in [9.17, 15) is 29.4 Å². The number of nitrogens with two attached hydrogens (primary N) is 2. The highest BCUT2D eigenvalue weighted by molar-refractivity contribution is 8.01. The number of carboxylic acid groups (broad SMARTS) is 2. The number of rotatable bonds is 14. The number of anilines is 1. The van der Waals surface area contributed by atoms with Gasteiger partial charge in [0.05, 0.1) is 0 Å². The van der Waals surface area contributed by atoms with Crippen LogP contribution < -0.4 is 16.8 Å². The Morgan fingerprint density at radius 2 is 2.12 bits per heavy atom. The first-order valence-electron chi connectivity index (χ1n) is 12.0. The van der Waals surface area contributed by atoms with Gasteiger partial charge < -0.3 is 31.8 Å². The fraction of sp³-hybridized carbons (Fsp3) is 0.500. The quantitative estimate of drug-likeness (QED) is 0.0695. The van der Waals surface area contributed by atoms with E-state index in [0.29, 0.717) is 30.2 Å². The first kappa shape index (κ1) is 30.1. The predicted octanol–water partition coefficient (Wildman–Crippen LogP) is -1.43. The SMILES string of the molecule is CCC(ON=C(C(=O)NC1C(=O)N2C(C(=O)O)=C(CSc3nnnn3CCCN)CS[C@@H]12)c1nsc(N)n1)C(=O)O. The van der Waals surface area contributed by atoms with E-state index in [-0.39, 0.29) is 34.6 Å². The Balaban J connectivity index is 1.49. The molecule has 21 heteroatoms. The summed E-state index contributed by atoms with van der Waals surface area (Å²) in [7, 11) is 0. The second kappa shape index (κ2) is 13.2. The summed E-state index contributed by atoms with van der Waals surface area (Å²) in [6.45, 7) is 2.52. The number of nitrogens with zero attached hydrogens (tertiary/aromatic N) is 8. The van der Waals surface area contributed by atoms with Crippen molar-refractivity contribution >= 4 is 69.7 Å². The Labute approximate surface area is 244 Å². The number of oxime groups is 1. The van der Waals surface area contributed by atoms with Crippen LogP contribution in [0.4, 0.5) is 5.13 Å². The summed E-state index contributed by atoms with van der Waals surface area (Å²) in [5.74, 6) is -3.88. The van der Waals surface area contributed by atoms with Gasteiger partial charge in [-0.05, 0) is 35.4 Å². The third-order valence-electron chi connectivity index (χ3n) is 5.77. The van der Waals surface area contributed by atoms with Crippen molar-refractivity contribution in [3.8, 4) is 0 Å². The highest BCUT2D eigenvalue weighted by atomic mass is 32.2. The normalized spacial score (nSPS) is 19.4. The van der Waals surface area contributed by atoms with Crippen molar-refractivity contribution in [2.45, 2.75) is 49.0 Å². The van der Waals surface area contributed by atoms with E-state index in [1.807, 2.05) is 0 Å². The van der Waals surface area contributed by atoms with Gasteiger partial charge in [0, 0.05) is 29.6 Å². The number of hydrogen-bond acceptors (Lipinski definition) is 16. The number of aromatic nitrogens is 6. The number of nitrogen functional groups attached to an aromatic ring is 1. The lowest BCUT2D eigenvalue weighted by molar-refractivity contribution is -0.151. The third-order valence-corrected chi connectivity index (χ3v) is 8.70. The molecular formula is C20H25N11O7S3. The van der Waals surface area contributed by atoms with Gasteiger partial charge in [-0.1, -0.05) is 23.8 Å². The molecule has 7 N–H and O–H groups in total. The Bertz CT molecular complexity index is 1390. The van der Waals surface area contributed by atoms with Crippen molar-refractivity contribution in [2.75, 3.05) is 23.8 Å². The van der Waals surface area contributed by atoms with E-state index in [4.69, 9.17) is 16.3 Å². The van der Waals surface area contributed by atoms with Crippen LogP contribution in [0, 0.1) is 0 Å². The van der Waals surface area contributed by atoms with Crippen LogP contribution in [0.5, 0.6) is 0 Å². The zero-order valence-electron chi connectivity index (χ0n) is 21.4. The summed E-state index contributed by atoms with van der Waals surface area (Å²) in [4.78, 5) is 59.8. The fourth-order valence-corrected chi connectivity index (χ4v) is 6.59. The standard InChI is InChI=1S/C20H25N11O7S3/c1-2-9(17(34)35)38-26-10(13-24-19(22)41-27-13)14(32)23-11-15(33)31-12(18(36)37)8(6-39-16(11)31)7-40-20-25-28-29-30(20)5-3-4-21/h9,11,16H,2-7,21H2,1H3,(H,23,32)(H,34,35)(H,36,37)(H2,22,24,27)/t9?,11?,16-/m0/s1. The average molecular weight is 628 g/mol. The molecule has 0 bridgehead atoms. The first-order valence-corrected chi connectivity index (χ1v) is 14.8. The molecule has 4 heterocycles. The topological polar surface area (TPSA) is 267 Å². The molecule has 0 radical (unpaired) electrons. The molecular weight excluding hydrogens is 602 g/mol. The molecule has 4 rings (SSSR count). The number of carbonyl (C=O) groups excluding carboxylic acids is 2. The molecule has 0 saturated carbocycles. The van der Waals surface area contributed by atoms with Crippen LogP contribution in [0.25, 0.3) is 0 Å². The molecule has 0 aromatic carbocycles. The van der Waals surface area contributed by atoms with Crippen LogP contribution in [0.2, 0.25) is 0 Å². The van der Waals surface area contributed by atoms with Crippen molar-refractivity contribution < 1.29 is 34.2 Å². The number of thioether (sulfide) groups is 2. The molecule has 0 spiro atoms. The molecule has 2 aromatic rings. The number of carboxylic acids is 2. The molecule has 0 aliphatic carbocycles. The summed E-state index contributed by atoms with van der Waals surface area (Å²) in [6.07, 6.45) is -0.617. The van der Waals surface area contributed by atoms with Crippen LogP contribution in [-0.4, -0.2) is 110 Å². The number of β-lactam (4-membered cyclic amide) rings is 1. The smallest absolute Gasteiger partial charge is 0.352 e. The second-order valence-electron chi connectivity index (χ2n) is 8.47. The van der Waals surface area contributed by atoms with Gasteiger partial charge >= 0.3 is 11.9 Å². The van der Waals surface area contributed by atoms with Gasteiger partial charge in [0.1, 0.15) is 17.1 Å². The number of tetrazole rings is 1. The summed E-state index contributed by atoms with van der Waals surface area (Å²) in [5.41, 5.74) is 11.0. The molecule has 41 heavy (non-hydrogen) atoms. The Hall–Kier alpha value is -3.82. The summed E-state index contributed by atoms with van der Waals surface area (Å²) in [5, 5.41) is 36.7. The average Bonchev–Trinajstić information content (AvgIpc) is 3.58. The highest BCUT2D eigenvalue weighted by Gasteiger charge is 2.54. The van der Waals surface area contributed by atoms with E-state index < -0.39 is 47.0 Å². The number of aliphatic carboxylic acids is 2. The lowest BCUT2D eigenvalue weighted by atomic mass is 10.0. The number of fused-ring (bicyclic) bond motifs is 1. The minimum Gasteiger partial charge on any atom is -0.478 e. The maximum atomic E-state index is 13.1. The zero-order valence-corrected chi connectivity index (χ0v) is 23.8. The van der Waals surface area contributed by atoms with E-state index >= 15 is 0 Å². The number of aryl methyl sites for hydroxylation is 1. The molecule has 2 amide bonds. The Kier molecular flexibility index (Phi) is 9.73. The maximum Gasteiger partial charge on any atom is 0.352 e. The molecule has 18 nitrogen and oxygen atoms in total. The Morgan fingerprint density at radius 3 is 2.76 bits per heavy atom. The van der Waals surface area contributed by atoms with Crippen molar-refractivity contribution in [3.05, 3.63) is 17.1 Å². The van der Waals surface area contributed by atoms with Crippen LogP contribution in [-0.2, 0) is 30.6 Å². The van der Waals surface area contributed by atoms with Gasteiger partial charge in [-0.25, -0.2) is 14.3 Å². The van der Waals surface area contributed by atoms with Gasteiger partial charge in [-0.15, -0.1) is 16.9 Å². The van der Waals surface area contributed by atoms with Crippen LogP contribution in [0.1, 0.15) is 25.6 Å². The molecule has 2 unspecified atom stereocenters. The van der Waals surface area contributed by atoms with Crippen LogP contribution >= 0.6 is 35.1 Å². The van der Waals surface area contributed by atoms with Gasteiger partial charge in [0.25, 0.3) is 11.8 Å². The minimum absolute atomic E-state index is 0.0227. The lowest BCUT2D eigenvalue weighted by Gasteiger charge is -2.49. The second-order valence-corrected chi connectivity index (χ2v) is 11.3. The number of carbonyl (C=O) groups is 4. The highest BCUT2D eigenvalue weighted by Crippen LogP contribution is 2.41. The molecule has 2 aliphatic heterocycles. The number of amides is 2.